The van der Waals surface area contributed by atoms with Crippen LogP contribution < -0.4 is 0 Å². The summed E-state index contributed by atoms with van der Waals surface area (Å²) in [4.78, 5) is 24.2. The Hall–Kier alpha value is -2.41. The van der Waals surface area contributed by atoms with Crippen LogP contribution in [0.25, 0.3) is 0 Å². The fourth-order valence-corrected chi connectivity index (χ4v) is 2.61. The topological polar surface area (TPSA) is 75.3 Å². The van der Waals surface area contributed by atoms with Crippen molar-refractivity contribution in [1.29, 1.82) is 0 Å². The average molecular weight is 333 g/mol. The number of methoxy groups -OCH3 is 1. The van der Waals surface area contributed by atoms with Gasteiger partial charge in [-0.3, -0.25) is 9.48 Å². The molecular formula is C17H23N3O4. The van der Waals surface area contributed by atoms with Crippen LogP contribution in [0.4, 0.5) is 0 Å². The van der Waals surface area contributed by atoms with Crippen LogP contribution in [0.3, 0.4) is 0 Å². The van der Waals surface area contributed by atoms with E-state index < -0.39 is 5.97 Å². The Kier molecular flexibility index (Phi) is 5.92. The number of hydrogen-bond acceptors (Lipinski definition) is 5. The van der Waals surface area contributed by atoms with Gasteiger partial charge >= 0.3 is 5.97 Å². The number of carbonyl (C=O) groups excluding carboxylic acids is 2. The van der Waals surface area contributed by atoms with Gasteiger partial charge in [-0.1, -0.05) is 0 Å². The molecule has 7 heteroatoms. The highest BCUT2D eigenvalue weighted by Gasteiger charge is 2.18. The maximum atomic E-state index is 12.4. The first kappa shape index (κ1) is 17.9. The number of esters is 1. The maximum absolute atomic E-state index is 12.4. The van der Waals surface area contributed by atoms with Crippen LogP contribution >= 0.6 is 0 Å². The minimum Gasteiger partial charge on any atom is -0.454 e. The number of carbonyl (C=O) groups is 2. The van der Waals surface area contributed by atoms with E-state index in [1.165, 1.54) is 10.9 Å². The summed E-state index contributed by atoms with van der Waals surface area (Å²) in [5, 5.41) is 3.90. The zero-order chi connectivity index (χ0) is 17.7. The molecule has 2 aromatic rings. The van der Waals surface area contributed by atoms with Crippen molar-refractivity contribution in [3.8, 4) is 0 Å². The highest BCUT2D eigenvalue weighted by Crippen LogP contribution is 2.16. The van der Waals surface area contributed by atoms with E-state index in [-0.39, 0.29) is 12.4 Å². The normalized spacial score (nSPS) is 10.8. The first-order valence-electron chi connectivity index (χ1n) is 7.78. The van der Waals surface area contributed by atoms with E-state index in [4.69, 9.17) is 9.47 Å². The molecule has 0 N–H and O–H groups in total. The number of aryl methyl sites for hydroxylation is 2. The molecule has 0 saturated heterocycles. The monoisotopic (exact) mass is 333 g/mol. The fraction of sp³-hybridized carbons (Fsp3) is 0.471. The first-order valence-corrected chi connectivity index (χ1v) is 7.78. The molecule has 0 bridgehead atoms. The highest BCUT2D eigenvalue weighted by molar-refractivity contribution is 6.00. The van der Waals surface area contributed by atoms with E-state index in [1.807, 2.05) is 19.9 Å². The van der Waals surface area contributed by atoms with Crippen molar-refractivity contribution in [2.75, 3.05) is 20.3 Å². The minimum atomic E-state index is -0.551. The van der Waals surface area contributed by atoms with Gasteiger partial charge in [0.1, 0.15) is 0 Å². The number of rotatable bonds is 8. The second-order valence-corrected chi connectivity index (χ2v) is 5.68. The van der Waals surface area contributed by atoms with Crippen molar-refractivity contribution in [3.63, 3.8) is 0 Å². The molecule has 2 heterocycles. The van der Waals surface area contributed by atoms with Crippen LogP contribution in [-0.4, -0.2) is 46.4 Å². The van der Waals surface area contributed by atoms with Crippen LogP contribution in [-0.2, 0) is 23.1 Å². The van der Waals surface area contributed by atoms with Crippen LogP contribution in [0.5, 0.6) is 0 Å². The molecule has 2 aromatic heterocycles. The summed E-state index contributed by atoms with van der Waals surface area (Å²) in [6.45, 7) is 5.03. The molecule has 24 heavy (non-hydrogen) atoms. The van der Waals surface area contributed by atoms with E-state index in [2.05, 4.69) is 9.67 Å². The lowest BCUT2D eigenvalue weighted by Gasteiger charge is -2.09. The van der Waals surface area contributed by atoms with Gasteiger partial charge in [-0.2, -0.15) is 5.10 Å². The molecule has 130 valence electrons. The molecule has 7 nitrogen and oxygen atoms in total. The summed E-state index contributed by atoms with van der Waals surface area (Å²) in [5.74, 6) is -0.760. The summed E-state index contributed by atoms with van der Waals surface area (Å²) in [6.07, 6.45) is 3.83. The minimum absolute atomic E-state index is 0.210. The Morgan fingerprint density at radius 3 is 2.67 bits per heavy atom. The van der Waals surface area contributed by atoms with E-state index >= 15 is 0 Å². The molecule has 0 aliphatic carbocycles. The number of Topliss-reactive ketones (excluding diaryl/α,β-unsaturated/α-hetero) is 1. The molecule has 0 aliphatic heterocycles. The fourth-order valence-electron chi connectivity index (χ4n) is 2.61. The largest absolute Gasteiger partial charge is 0.454 e. The Labute approximate surface area is 141 Å². The third-order valence-corrected chi connectivity index (χ3v) is 3.88. The van der Waals surface area contributed by atoms with Gasteiger partial charge in [0, 0.05) is 50.5 Å². The quantitative estimate of drug-likeness (QED) is 0.419. The molecular weight excluding hydrogens is 310 g/mol. The van der Waals surface area contributed by atoms with E-state index in [9.17, 15) is 9.59 Å². The van der Waals surface area contributed by atoms with Crippen molar-refractivity contribution >= 4 is 11.8 Å². The Bertz CT molecular complexity index is 730. The third-order valence-electron chi connectivity index (χ3n) is 3.88. The molecule has 0 amide bonds. The molecule has 0 saturated carbocycles. The zero-order valence-corrected chi connectivity index (χ0v) is 14.5. The average Bonchev–Trinajstić information content (AvgIpc) is 3.10. The lowest BCUT2D eigenvalue weighted by Crippen LogP contribution is -2.15. The zero-order valence-electron chi connectivity index (χ0n) is 14.5. The SMILES string of the molecule is COCCCn1c(C)cc(C(=O)COC(=O)c2cnn(C)c2)c1C. The maximum Gasteiger partial charge on any atom is 0.341 e. The van der Waals surface area contributed by atoms with Crippen LogP contribution in [0, 0.1) is 13.8 Å². The molecule has 0 aromatic carbocycles. The summed E-state index contributed by atoms with van der Waals surface area (Å²) >= 11 is 0. The van der Waals surface area contributed by atoms with Crippen molar-refractivity contribution < 1.29 is 19.1 Å². The Morgan fingerprint density at radius 1 is 1.29 bits per heavy atom. The number of nitrogens with zero attached hydrogens (tertiary/aromatic N) is 3. The van der Waals surface area contributed by atoms with Crippen molar-refractivity contribution in [2.24, 2.45) is 7.05 Å². The lowest BCUT2D eigenvalue weighted by molar-refractivity contribution is 0.0474. The van der Waals surface area contributed by atoms with Gasteiger partial charge in [-0.25, -0.2) is 4.79 Å². The van der Waals surface area contributed by atoms with Crippen LogP contribution in [0.1, 0.15) is 38.5 Å². The summed E-state index contributed by atoms with van der Waals surface area (Å²) in [6, 6.07) is 1.84. The number of ketones is 1. The van der Waals surface area contributed by atoms with Gasteiger partial charge in [-0.15, -0.1) is 0 Å². The van der Waals surface area contributed by atoms with E-state index in [0.717, 1.165) is 24.4 Å². The molecule has 0 fully saturated rings. The smallest absolute Gasteiger partial charge is 0.341 e. The van der Waals surface area contributed by atoms with E-state index in [0.29, 0.717) is 17.7 Å². The van der Waals surface area contributed by atoms with Gasteiger partial charge < -0.3 is 14.0 Å². The lowest BCUT2D eigenvalue weighted by atomic mass is 10.1. The van der Waals surface area contributed by atoms with Crippen LogP contribution in [0.2, 0.25) is 0 Å². The van der Waals surface area contributed by atoms with Crippen molar-refractivity contribution in [2.45, 2.75) is 26.8 Å². The molecule has 0 aliphatic rings. The summed E-state index contributed by atoms with van der Waals surface area (Å²) in [7, 11) is 3.38. The van der Waals surface area contributed by atoms with Crippen molar-refractivity contribution in [3.05, 3.63) is 41.0 Å². The highest BCUT2D eigenvalue weighted by atomic mass is 16.5. The number of aromatic nitrogens is 3. The summed E-state index contributed by atoms with van der Waals surface area (Å²) in [5.41, 5.74) is 2.80. The standard InChI is InChI=1S/C17H23N3O4/c1-12-8-15(13(2)20(12)6-5-7-23-4)16(21)11-24-17(22)14-9-18-19(3)10-14/h8-10H,5-7,11H2,1-4H3. The van der Waals surface area contributed by atoms with Gasteiger partial charge in [-0.05, 0) is 26.3 Å². The Balaban J connectivity index is 1.99. The van der Waals surface area contributed by atoms with Gasteiger partial charge in [0.05, 0.1) is 11.8 Å². The van der Waals surface area contributed by atoms with Crippen molar-refractivity contribution in [1.82, 2.24) is 14.3 Å². The van der Waals surface area contributed by atoms with E-state index in [1.54, 1.807) is 20.4 Å². The summed E-state index contributed by atoms with van der Waals surface area (Å²) < 4.78 is 13.7. The molecule has 0 atom stereocenters. The molecule has 0 unspecified atom stereocenters. The molecule has 0 spiro atoms. The number of hydrogen-bond donors (Lipinski definition) is 0. The Morgan fingerprint density at radius 2 is 2.04 bits per heavy atom. The molecule has 2 rings (SSSR count). The third kappa shape index (κ3) is 4.11. The predicted molar refractivity (Wildman–Crippen MR) is 88.2 cm³/mol. The van der Waals surface area contributed by atoms with Gasteiger partial charge in [0.25, 0.3) is 0 Å². The first-order chi connectivity index (χ1) is 11.4. The van der Waals surface area contributed by atoms with Gasteiger partial charge in [0.15, 0.2) is 6.61 Å². The second kappa shape index (κ2) is 7.92. The van der Waals surface area contributed by atoms with Crippen LogP contribution in [0.15, 0.2) is 18.5 Å². The number of ether oxygens (including phenoxy) is 2. The predicted octanol–water partition coefficient (Wildman–Crippen LogP) is 1.91. The second-order valence-electron chi connectivity index (χ2n) is 5.68. The van der Waals surface area contributed by atoms with Gasteiger partial charge in [0.2, 0.25) is 5.78 Å². The molecule has 0 radical (unpaired) electrons.